The molecule has 0 aliphatic heterocycles. The van der Waals surface area contributed by atoms with Crippen molar-refractivity contribution in [1.29, 1.82) is 0 Å². The summed E-state index contributed by atoms with van der Waals surface area (Å²) in [5, 5.41) is 9.11. The first-order valence-corrected chi connectivity index (χ1v) is 4.42. The van der Waals surface area contributed by atoms with Crippen molar-refractivity contribution in [3.8, 4) is 5.75 Å². The number of hydrogen-bond acceptors (Lipinski definition) is 5. The molecular weight excluding hydrogens is 222 g/mol. The Bertz CT molecular complexity index is 410. The molecule has 0 fully saturated rings. The van der Waals surface area contributed by atoms with Crippen LogP contribution in [0.1, 0.15) is 29.4 Å². The van der Waals surface area contributed by atoms with Gasteiger partial charge in [0.05, 0.1) is 12.2 Å². The first kappa shape index (κ1) is 12.2. The molecule has 1 rings (SSSR count). The highest BCUT2D eigenvalue weighted by molar-refractivity contribution is 5.89. The number of halogens is 2. The molecule has 0 unspecified atom stereocenters. The highest BCUT2D eigenvalue weighted by atomic mass is 19.3. The Hall–Kier alpha value is -1.92. The van der Waals surface area contributed by atoms with Crippen LogP contribution in [0.25, 0.3) is 0 Å². The van der Waals surface area contributed by atoms with Gasteiger partial charge in [-0.2, -0.15) is 0 Å². The number of nitrogen functional groups attached to an aromatic ring is 1. The van der Waals surface area contributed by atoms with Crippen LogP contribution >= 0.6 is 0 Å². The van der Waals surface area contributed by atoms with Gasteiger partial charge in [0.15, 0.2) is 17.3 Å². The number of anilines is 1. The Morgan fingerprint density at radius 1 is 1.69 bits per heavy atom. The molecule has 0 atom stereocenters. The van der Waals surface area contributed by atoms with Gasteiger partial charge in [-0.1, -0.05) is 0 Å². The van der Waals surface area contributed by atoms with Crippen molar-refractivity contribution in [3.63, 3.8) is 0 Å². The van der Waals surface area contributed by atoms with Crippen molar-refractivity contribution in [2.45, 2.75) is 13.3 Å². The summed E-state index contributed by atoms with van der Waals surface area (Å²) in [5.74, 6) is -1.99. The summed E-state index contributed by atoms with van der Waals surface area (Å²) in [6.07, 6.45) is -2.95. The van der Waals surface area contributed by atoms with E-state index in [-0.39, 0.29) is 6.61 Å². The molecule has 5 nitrogen and oxygen atoms in total. The molecule has 88 valence electrons. The third-order valence-corrected chi connectivity index (χ3v) is 1.76. The highest BCUT2D eigenvalue weighted by Crippen LogP contribution is 2.28. The second kappa shape index (κ2) is 4.73. The molecule has 1 aromatic heterocycles. The molecule has 0 spiro atoms. The van der Waals surface area contributed by atoms with Gasteiger partial charge in [-0.3, -0.25) is 0 Å². The van der Waals surface area contributed by atoms with E-state index in [4.69, 9.17) is 10.8 Å². The monoisotopic (exact) mass is 232 g/mol. The lowest BCUT2D eigenvalue weighted by atomic mass is 10.2. The van der Waals surface area contributed by atoms with Crippen LogP contribution in [-0.4, -0.2) is 22.7 Å². The molecule has 0 aliphatic rings. The maximum Gasteiger partial charge on any atom is 0.357 e. The number of aromatic nitrogens is 1. The number of ether oxygens (including phenoxy) is 1. The van der Waals surface area contributed by atoms with E-state index in [0.29, 0.717) is 6.07 Å². The van der Waals surface area contributed by atoms with Crippen LogP contribution in [0, 0.1) is 0 Å². The number of alkyl halides is 2. The van der Waals surface area contributed by atoms with E-state index in [0.717, 1.165) is 0 Å². The Labute approximate surface area is 89.9 Å². The minimum absolute atomic E-state index is 0.0317. The lowest BCUT2D eigenvalue weighted by Gasteiger charge is -2.09. The first-order valence-electron chi connectivity index (χ1n) is 4.42. The Balaban J connectivity index is 3.24. The molecule has 0 radical (unpaired) electrons. The van der Waals surface area contributed by atoms with Gasteiger partial charge in [0.1, 0.15) is 0 Å². The summed E-state index contributed by atoms with van der Waals surface area (Å²) >= 11 is 0. The standard InChI is InChI=1S/C9H10F2N2O3/c1-2-16-9(15)6-4(7(10)11)3-5(14)8(12)13-6/h3,7,14H,2H2,1H3,(H2,12,13). The van der Waals surface area contributed by atoms with Gasteiger partial charge in [0.2, 0.25) is 0 Å². The minimum atomic E-state index is -2.95. The lowest BCUT2D eigenvalue weighted by molar-refractivity contribution is 0.0507. The van der Waals surface area contributed by atoms with Crippen molar-refractivity contribution < 1.29 is 23.4 Å². The topological polar surface area (TPSA) is 85.4 Å². The SMILES string of the molecule is CCOC(=O)c1nc(N)c(O)cc1C(F)F. The van der Waals surface area contributed by atoms with Crippen molar-refractivity contribution in [3.05, 3.63) is 17.3 Å². The second-order valence-corrected chi connectivity index (χ2v) is 2.85. The highest BCUT2D eigenvalue weighted by Gasteiger charge is 2.23. The molecule has 3 N–H and O–H groups in total. The Morgan fingerprint density at radius 2 is 2.31 bits per heavy atom. The van der Waals surface area contributed by atoms with Gasteiger partial charge in [-0.15, -0.1) is 0 Å². The Morgan fingerprint density at radius 3 is 2.81 bits per heavy atom. The predicted molar refractivity (Wildman–Crippen MR) is 51.2 cm³/mol. The van der Waals surface area contributed by atoms with Crippen LogP contribution in [0.4, 0.5) is 14.6 Å². The molecule has 0 aromatic carbocycles. The van der Waals surface area contributed by atoms with E-state index in [2.05, 4.69) is 9.72 Å². The molecule has 0 amide bonds. The number of rotatable bonds is 3. The molecule has 0 aliphatic carbocycles. The minimum Gasteiger partial charge on any atom is -0.504 e. The second-order valence-electron chi connectivity index (χ2n) is 2.85. The molecule has 1 aromatic rings. The summed E-state index contributed by atoms with van der Waals surface area (Å²) in [4.78, 5) is 14.7. The predicted octanol–water partition coefficient (Wildman–Crippen LogP) is 1.48. The van der Waals surface area contributed by atoms with Gasteiger partial charge in [-0.05, 0) is 13.0 Å². The number of esters is 1. The number of carbonyl (C=O) groups excluding carboxylic acids is 1. The molecule has 7 heteroatoms. The fraction of sp³-hybridized carbons (Fsp3) is 0.333. The molecular formula is C9H10F2N2O3. The zero-order valence-corrected chi connectivity index (χ0v) is 8.41. The summed E-state index contributed by atoms with van der Waals surface area (Å²) in [6, 6.07) is 0.708. The number of nitrogens with two attached hydrogens (primary N) is 1. The van der Waals surface area contributed by atoms with Crippen LogP contribution in [0.3, 0.4) is 0 Å². The fourth-order valence-corrected chi connectivity index (χ4v) is 1.06. The number of carbonyl (C=O) groups is 1. The molecule has 0 saturated carbocycles. The van der Waals surface area contributed by atoms with Crippen LogP contribution in [-0.2, 0) is 4.74 Å². The quantitative estimate of drug-likeness (QED) is 0.771. The molecule has 0 bridgehead atoms. The largest absolute Gasteiger partial charge is 0.504 e. The average molecular weight is 232 g/mol. The lowest BCUT2D eigenvalue weighted by Crippen LogP contribution is -2.12. The molecule has 16 heavy (non-hydrogen) atoms. The summed E-state index contributed by atoms with van der Waals surface area (Å²) in [7, 11) is 0. The van der Waals surface area contributed by atoms with Gasteiger partial charge in [-0.25, -0.2) is 18.6 Å². The van der Waals surface area contributed by atoms with E-state index in [1.807, 2.05) is 0 Å². The van der Waals surface area contributed by atoms with Crippen LogP contribution < -0.4 is 5.73 Å². The summed E-state index contributed by atoms with van der Waals surface area (Å²) in [5.41, 5.74) is 3.93. The number of hydrogen-bond donors (Lipinski definition) is 2. The van der Waals surface area contributed by atoms with E-state index in [1.54, 1.807) is 0 Å². The molecule has 1 heterocycles. The zero-order chi connectivity index (χ0) is 12.3. The Kier molecular flexibility index (Phi) is 3.60. The van der Waals surface area contributed by atoms with Crippen LogP contribution in [0.5, 0.6) is 5.75 Å². The summed E-state index contributed by atoms with van der Waals surface area (Å²) in [6.45, 7) is 1.56. The van der Waals surface area contributed by atoms with E-state index in [9.17, 15) is 13.6 Å². The average Bonchev–Trinajstić information content (AvgIpc) is 2.21. The fourth-order valence-electron chi connectivity index (χ4n) is 1.06. The van der Waals surface area contributed by atoms with Crippen molar-refractivity contribution in [2.75, 3.05) is 12.3 Å². The van der Waals surface area contributed by atoms with E-state index >= 15 is 0 Å². The van der Waals surface area contributed by atoms with Gasteiger partial charge >= 0.3 is 5.97 Å². The third-order valence-electron chi connectivity index (χ3n) is 1.76. The number of pyridine rings is 1. The maximum atomic E-state index is 12.5. The van der Waals surface area contributed by atoms with Crippen LogP contribution in [0.2, 0.25) is 0 Å². The first-order chi connectivity index (χ1) is 7.47. The molecule has 0 saturated heterocycles. The van der Waals surface area contributed by atoms with E-state index in [1.165, 1.54) is 6.92 Å². The van der Waals surface area contributed by atoms with Gasteiger partial charge in [0, 0.05) is 0 Å². The number of nitrogens with zero attached hydrogens (tertiary/aromatic N) is 1. The van der Waals surface area contributed by atoms with Crippen molar-refractivity contribution in [2.24, 2.45) is 0 Å². The smallest absolute Gasteiger partial charge is 0.357 e. The van der Waals surface area contributed by atoms with Gasteiger partial charge < -0.3 is 15.6 Å². The van der Waals surface area contributed by atoms with Crippen LogP contribution in [0.15, 0.2) is 6.07 Å². The normalized spacial score (nSPS) is 10.5. The zero-order valence-electron chi connectivity index (χ0n) is 8.41. The third kappa shape index (κ3) is 2.36. The number of aromatic hydroxyl groups is 1. The van der Waals surface area contributed by atoms with Gasteiger partial charge in [0.25, 0.3) is 6.43 Å². The van der Waals surface area contributed by atoms with E-state index < -0.39 is 35.2 Å². The summed E-state index contributed by atoms with van der Waals surface area (Å²) < 4.78 is 29.6. The maximum absolute atomic E-state index is 12.5. The van der Waals surface area contributed by atoms with Crippen molar-refractivity contribution >= 4 is 11.8 Å². The van der Waals surface area contributed by atoms with Crippen molar-refractivity contribution in [1.82, 2.24) is 4.98 Å².